The van der Waals surface area contributed by atoms with Gasteiger partial charge in [-0.15, -0.1) is 0 Å². The van der Waals surface area contributed by atoms with Crippen molar-refractivity contribution in [2.75, 3.05) is 50.7 Å². The Labute approximate surface area is 296 Å². The Morgan fingerprint density at radius 3 is 2.12 bits per heavy atom. The van der Waals surface area contributed by atoms with Gasteiger partial charge in [0.15, 0.2) is 0 Å². The summed E-state index contributed by atoms with van der Waals surface area (Å²) < 4.78 is 11.9. The highest BCUT2D eigenvalue weighted by Crippen LogP contribution is 2.55. The fourth-order valence-electron chi connectivity index (χ4n) is 9.07. The van der Waals surface area contributed by atoms with Crippen LogP contribution in [-0.4, -0.2) is 85.4 Å². The highest BCUT2D eigenvalue weighted by molar-refractivity contribution is 6.31. The summed E-state index contributed by atoms with van der Waals surface area (Å²) in [6.45, 7) is 21.2. The van der Waals surface area contributed by atoms with Crippen LogP contribution in [0.1, 0.15) is 77.2 Å². The van der Waals surface area contributed by atoms with Gasteiger partial charge < -0.3 is 29.5 Å². The van der Waals surface area contributed by atoms with Crippen LogP contribution in [0.25, 0.3) is 0 Å². The van der Waals surface area contributed by atoms with E-state index in [-0.39, 0.29) is 35.0 Å². The van der Waals surface area contributed by atoms with Gasteiger partial charge in [0.25, 0.3) is 5.91 Å². The number of benzene rings is 2. The zero-order valence-electron chi connectivity index (χ0n) is 30.1. The zero-order chi connectivity index (χ0) is 35.3. The largest absolute Gasteiger partial charge is 0.489 e. The van der Waals surface area contributed by atoms with Crippen molar-refractivity contribution in [2.24, 2.45) is 28.6 Å². The van der Waals surface area contributed by atoms with Crippen molar-refractivity contribution in [1.82, 2.24) is 15.1 Å². The maximum atomic E-state index is 13.5. The Morgan fingerprint density at radius 1 is 0.959 bits per heavy atom. The molecule has 2 amide bonds. The lowest BCUT2D eigenvalue weighted by atomic mass is 9.49. The molecule has 2 aromatic carbocycles. The molecule has 0 bridgehead atoms. The molecule has 1 N–H and O–H groups in total. The molecular formula is C39H52ClN5O4. The molecule has 4 aliphatic rings. The van der Waals surface area contributed by atoms with Crippen molar-refractivity contribution in [1.29, 1.82) is 5.26 Å². The van der Waals surface area contributed by atoms with Crippen molar-refractivity contribution >= 4 is 29.3 Å². The standard InChI is InChI=1S/C39H52ClN5O4/c1-37(2,3)49-36(47)44-16-14-25(15-17-44)20-43-21-28-23-45(24-29(28)22-43)30-11-8-26(9-12-30)33(46)42-34-38(4,5)35(39(34,6)7)48-31-13-10-27(19-41)32(40)18-31/h8-13,18,25,28-29,34-35H,14-17,20-24H2,1-7H3,(H,42,46). The molecule has 3 saturated heterocycles. The van der Waals surface area contributed by atoms with Gasteiger partial charge >= 0.3 is 6.09 Å². The summed E-state index contributed by atoms with van der Waals surface area (Å²) in [5.74, 6) is 2.48. The Morgan fingerprint density at radius 2 is 1.57 bits per heavy atom. The molecule has 3 aliphatic heterocycles. The van der Waals surface area contributed by atoms with E-state index in [1.165, 1.54) is 5.69 Å². The van der Waals surface area contributed by atoms with Crippen LogP contribution in [0.3, 0.4) is 0 Å². The Bertz CT molecular complexity index is 1560. The molecule has 2 unspecified atom stereocenters. The molecule has 1 saturated carbocycles. The molecule has 0 radical (unpaired) electrons. The van der Waals surface area contributed by atoms with Gasteiger partial charge in [0.05, 0.1) is 10.6 Å². The number of nitrogens with zero attached hydrogens (tertiary/aromatic N) is 4. The van der Waals surface area contributed by atoms with Gasteiger partial charge in [0.2, 0.25) is 0 Å². The molecule has 2 atom stereocenters. The number of halogens is 1. The summed E-state index contributed by atoms with van der Waals surface area (Å²) in [6.07, 6.45) is 1.73. The van der Waals surface area contributed by atoms with Gasteiger partial charge in [0.1, 0.15) is 23.5 Å². The normalized spacial score (nSPS) is 26.4. The Balaban J connectivity index is 0.966. The minimum Gasteiger partial charge on any atom is -0.489 e. The van der Waals surface area contributed by atoms with Crippen LogP contribution in [0.5, 0.6) is 5.75 Å². The number of rotatable bonds is 7. The van der Waals surface area contributed by atoms with E-state index in [1.807, 2.05) is 37.8 Å². The summed E-state index contributed by atoms with van der Waals surface area (Å²) in [5, 5.41) is 12.9. The van der Waals surface area contributed by atoms with Crippen molar-refractivity contribution in [2.45, 2.75) is 79.1 Å². The predicted molar refractivity (Wildman–Crippen MR) is 192 cm³/mol. The van der Waals surface area contributed by atoms with E-state index in [0.29, 0.717) is 39.7 Å². The van der Waals surface area contributed by atoms with Crippen molar-refractivity contribution in [3.05, 3.63) is 58.6 Å². The first-order chi connectivity index (χ1) is 23.0. The second-order valence-corrected chi connectivity index (χ2v) is 17.3. The minimum atomic E-state index is -0.455. The second kappa shape index (κ2) is 13.3. The predicted octanol–water partition coefficient (Wildman–Crippen LogP) is 6.84. The third kappa shape index (κ3) is 7.37. The third-order valence-corrected chi connectivity index (χ3v) is 11.6. The van der Waals surface area contributed by atoms with E-state index in [4.69, 9.17) is 21.1 Å². The number of hydrogen-bond donors (Lipinski definition) is 1. The number of nitriles is 1. The summed E-state index contributed by atoms with van der Waals surface area (Å²) >= 11 is 6.24. The van der Waals surface area contributed by atoms with Gasteiger partial charge in [-0.2, -0.15) is 5.26 Å². The molecule has 0 spiro atoms. The topological polar surface area (TPSA) is 98.1 Å². The molecule has 2 aromatic rings. The maximum Gasteiger partial charge on any atom is 0.410 e. The molecule has 6 rings (SSSR count). The van der Waals surface area contributed by atoms with E-state index < -0.39 is 5.60 Å². The van der Waals surface area contributed by atoms with Crippen LogP contribution in [0.4, 0.5) is 10.5 Å². The van der Waals surface area contributed by atoms with Gasteiger partial charge in [-0.25, -0.2) is 4.79 Å². The maximum absolute atomic E-state index is 13.5. The van der Waals surface area contributed by atoms with E-state index >= 15 is 0 Å². The molecule has 1 aliphatic carbocycles. The number of carbonyl (C=O) groups excluding carboxylic acids is 2. The van der Waals surface area contributed by atoms with Crippen LogP contribution < -0.4 is 15.0 Å². The van der Waals surface area contributed by atoms with E-state index in [2.05, 4.69) is 61.0 Å². The van der Waals surface area contributed by atoms with Crippen molar-refractivity contribution in [3.63, 3.8) is 0 Å². The lowest BCUT2D eigenvalue weighted by molar-refractivity contribution is -0.164. The van der Waals surface area contributed by atoms with Crippen LogP contribution in [0.15, 0.2) is 42.5 Å². The highest BCUT2D eigenvalue weighted by Gasteiger charge is 2.64. The number of piperidine rings is 1. The highest BCUT2D eigenvalue weighted by atomic mass is 35.5. The molecule has 3 heterocycles. The number of likely N-dealkylation sites (tertiary alicyclic amines) is 2. The molecule has 10 heteroatoms. The number of anilines is 1. The van der Waals surface area contributed by atoms with Gasteiger partial charge in [-0.05, 0) is 87.8 Å². The van der Waals surface area contributed by atoms with Gasteiger partial charge in [0, 0.05) is 80.0 Å². The number of fused-ring (bicyclic) bond motifs is 1. The first-order valence-electron chi connectivity index (χ1n) is 17.8. The SMILES string of the molecule is CC(C)(C)OC(=O)N1CCC(CN2CC3CN(c4ccc(C(=O)NC5C(C)(C)C(Oc6ccc(C#N)c(Cl)c6)C5(C)C)cc4)CC3C2)CC1. The number of amides is 2. The smallest absolute Gasteiger partial charge is 0.410 e. The molecular weight excluding hydrogens is 638 g/mol. The summed E-state index contributed by atoms with van der Waals surface area (Å²) in [7, 11) is 0. The number of hydrogen-bond acceptors (Lipinski definition) is 7. The van der Waals surface area contributed by atoms with Crippen molar-refractivity contribution < 1.29 is 19.1 Å². The molecule has 0 aromatic heterocycles. The quantitative estimate of drug-likeness (QED) is 0.340. The number of ether oxygens (including phenoxy) is 2. The van der Waals surface area contributed by atoms with Crippen LogP contribution in [0.2, 0.25) is 5.02 Å². The van der Waals surface area contributed by atoms with Crippen LogP contribution in [-0.2, 0) is 4.74 Å². The summed E-state index contributed by atoms with van der Waals surface area (Å²) in [5.41, 5.74) is 1.14. The lowest BCUT2D eigenvalue weighted by Crippen LogP contribution is -2.74. The summed E-state index contributed by atoms with van der Waals surface area (Å²) in [6, 6.07) is 15.2. The van der Waals surface area contributed by atoms with E-state index in [0.717, 1.165) is 58.7 Å². The first kappa shape index (κ1) is 35.3. The lowest BCUT2D eigenvalue weighted by Gasteiger charge is -2.63. The molecule has 264 valence electrons. The molecule has 9 nitrogen and oxygen atoms in total. The third-order valence-electron chi connectivity index (χ3n) is 11.3. The average Bonchev–Trinajstić information content (AvgIpc) is 3.61. The Kier molecular flexibility index (Phi) is 9.62. The van der Waals surface area contributed by atoms with Crippen LogP contribution >= 0.6 is 11.6 Å². The fourth-order valence-corrected chi connectivity index (χ4v) is 9.29. The van der Waals surface area contributed by atoms with E-state index in [9.17, 15) is 14.9 Å². The number of nitrogens with one attached hydrogen (secondary N) is 1. The van der Waals surface area contributed by atoms with Gasteiger partial charge in [-0.3, -0.25) is 4.79 Å². The average molecular weight is 690 g/mol. The van der Waals surface area contributed by atoms with Crippen LogP contribution in [0, 0.1) is 39.9 Å². The van der Waals surface area contributed by atoms with E-state index in [1.54, 1.807) is 18.2 Å². The summed E-state index contributed by atoms with van der Waals surface area (Å²) in [4.78, 5) is 32.9. The van der Waals surface area contributed by atoms with Crippen molar-refractivity contribution in [3.8, 4) is 11.8 Å². The monoisotopic (exact) mass is 689 g/mol. The molecule has 49 heavy (non-hydrogen) atoms. The second-order valence-electron chi connectivity index (χ2n) is 16.9. The minimum absolute atomic E-state index is 0.0802. The fraction of sp³-hybridized carbons (Fsp3) is 0.615. The molecule has 4 fully saturated rings. The number of carbonyl (C=O) groups is 2. The zero-order valence-corrected chi connectivity index (χ0v) is 30.8. The van der Waals surface area contributed by atoms with Gasteiger partial charge in [-0.1, -0.05) is 39.3 Å². The first-order valence-corrected chi connectivity index (χ1v) is 18.2. The Hall–Kier alpha value is -3.48.